The standard InChI is InChI=1S/C17H26N4O/c1-17(2,21-10-3-4-11-21)16(22)20-9-5-6-14(12-20)15-7-8-18-13-19-15/h7-8,13-14H,3-6,9-12H2,1-2H3/t14-/m1/s1. The van der Waals surface area contributed by atoms with Gasteiger partial charge in [0.25, 0.3) is 0 Å². The quantitative estimate of drug-likeness (QED) is 0.857. The normalized spacial score (nSPS) is 23.7. The third-order valence-electron chi connectivity index (χ3n) is 5.15. The smallest absolute Gasteiger partial charge is 0.242 e. The molecule has 0 spiro atoms. The first-order valence-corrected chi connectivity index (χ1v) is 8.39. The Hall–Kier alpha value is -1.49. The van der Waals surface area contributed by atoms with Crippen LogP contribution in [-0.2, 0) is 4.79 Å². The van der Waals surface area contributed by atoms with E-state index < -0.39 is 0 Å². The molecule has 2 aliphatic rings. The fourth-order valence-electron chi connectivity index (χ4n) is 3.74. The maximum absolute atomic E-state index is 13.0. The van der Waals surface area contributed by atoms with Crippen molar-refractivity contribution in [1.82, 2.24) is 19.8 Å². The molecule has 2 aliphatic heterocycles. The van der Waals surface area contributed by atoms with Crippen LogP contribution in [0.25, 0.3) is 0 Å². The molecule has 1 aromatic rings. The molecule has 3 heterocycles. The van der Waals surface area contributed by atoms with Gasteiger partial charge in [0.05, 0.1) is 5.54 Å². The number of hydrogen-bond acceptors (Lipinski definition) is 4. The molecule has 2 saturated heterocycles. The van der Waals surface area contributed by atoms with Crippen LogP contribution in [0.3, 0.4) is 0 Å². The summed E-state index contributed by atoms with van der Waals surface area (Å²) in [5.41, 5.74) is 0.677. The lowest BCUT2D eigenvalue weighted by atomic mass is 9.92. The first-order valence-electron chi connectivity index (χ1n) is 8.39. The Bertz CT molecular complexity index is 511. The van der Waals surface area contributed by atoms with Gasteiger partial charge >= 0.3 is 0 Å². The number of piperidine rings is 1. The van der Waals surface area contributed by atoms with Crippen LogP contribution in [0.4, 0.5) is 0 Å². The SMILES string of the molecule is CC(C)(C(=O)N1CCC[C@@H](c2ccncn2)C1)N1CCCC1. The number of carbonyl (C=O) groups is 1. The molecule has 1 atom stereocenters. The van der Waals surface area contributed by atoms with E-state index in [0.29, 0.717) is 5.92 Å². The molecule has 0 saturated carbocycles. The molecule has 0 bridgehead atoms. The van der Waals surface area contributed by atoms with E-state index in [0.717, 1.165) is 44.7 Å². The highest BCUT2D eigenvalue weighted by Gasteiger charge is 2.40. The minimum absolute atomic E-state index is 0.271. The monoisotopic (exact) mass is 302 g/mol. The highest BCUT2D eigenvalue weighted by molar-refractivity contribution is 5.85. The molecule has 0 radical (unpaired) electrons. The molecule has 0 aliphatic carbocycles. The number of carbonyl (C=O) groups excluding carboxylic acids is 1. The number of hydrogen-bond donors (Lipinski definition) is 0. The van der Waals surface area contributed by atoms with E-state index in [-0.39, 0.29) is 11.4 Å². The largest absolute Gasteiger partial charge is 0.340 e. The van der Waals surface area contributed by atoms with Gasteiger partial charge in [0.1, 0.15) is 6.33 Å². The summed E-state index contributed by atoms with van der Waals surface area (Å²) in [5, 5.41) is 0. The van der Waals surface area contributed by atoms with Crippen LogP contribution >= 0.6 is 0 Å². The van der Waals surface area contributed by atoms with E-state index in [9.17, 15) is 4.79 Å². The van der Waals surface area contributed by atoms with Crippen molar-refractivity contribution in [1.29, 1.82) is 0 Å². The number of aromatic nitrogens is 2. The van der Waals surface area contributed by atoms with E-state index in [4.69, 9.17) is 0 Å². The van der Waals surface area contributed by atoms with Crippen molar-refractivity contribution in [3.63, 3.8) is 0 Å². The van der Waals surface area contributed by atoms with Crippen molar-refractivity contribution in [3.05, 3.63) is 24.3 Å². The lowest BCUT2D eigenvalue weighted by Gasteiger charge is -2.41. The Morgan fingerprint density at radius 1 is 1.23 bits per heavy atom. The highest BCUT2D eigenvalue weighted by atomic mass is 16.2. The van der Waals surface area contributed by atoms with E-state index in [1.54, 1.807) is 12.5 Å². The Balaban J connectivity index is 1.70. The maximum atomic E-state index is 13.0. The molecule has 5 heteroatoms. The van der Waals surface area contributed by atoms with E-state index in [2.05, 4.69) is 33.6 Å². The molecule has 0 unspecified atom stereocenters. The minimum Gasteiger partial charge on any atom is -0.340 e. The van der Waals surface area contributed by atoms with Crippen LogP contribution in [0.1, 0.15) is 51.1 Å². The fraction of sp³-hybridized carbons (Fsp3) is 0.706. The minimum atomic E-state index is -0.385. The third kappa shape index (κ3) is 3.00. The molecule has 0 aromatic carbocycles. The molecule has 1 aromatic heterocycles. The highest BCUT2D eigenvalue weighted by Crippen LogP contribution is 2.29. The second kappa shape index (κ2) is 6.32. The average molecular weight is 302 g/mol. The first kappa shape index (κ1) is 15.4. The van der Waals surface area contributed by atoms with Gasteiger partial charge in [-0.1, -0.05) is 0 Å². The molecule has 1 amide bonds. The van der Waals surface area contributed by atoms with Gasteiger partial charge < -0.3 is 4.90 Å². The fourth-order valence-corrected chi connectivity index (χ4v) is 3.74. The summed E-state index contributed by atoms with van der Waals surface area (Å²) in [5.74, 6) is 0.614. The second-order valence-corrected chi connectivity index (χ2v) is 6.98. The predicted octanol–water partition coefficient (Wildman–Crippen LogP) is 2.06. The van der Waals surface area contributed by atoms with Gasteiger partial charge in [-0.15, -0.1) is 0 Å². The summed E-state index contributed by atoms with van der Waals surface area (Å²) >= 11 is 0. The van der Waals surface area contributed by atoms with Crippen molar-refractivity contribution in [2.45, 2.75) is 51.0 Å². The third-order valence-corrected chi connectivity index (χ3v) is 5.15. The molecular formula is C17H26N4O. The van der Waals surface area contributed by atoms with Gasteiger partial charge in [0.2, 0.25) is 5.91 Å². The van der Waals surface area contributed by atoms with Crippen LogP contribution in [-0.4, -0.2) is 57.4 Å². The van der Waals surface area contributed by atoms with Crippen LogP contribution in [0.2, 0.25) is 0 Å². The first-order chi connectivity index (χ1) is 10.6. The van der Waals surface area contributed by atoms with Gasteiger partial charge in [-0.3, -0.25) is 9.69 Å². The zero-order valence-corrected chi connectivity index (χ0v) is 13.7. The van der Waals surface area contributed by atoms with Crippen molar-refractivity contribution >= 4 is 5.91 Å². The van der Waals surface area contributed by atoms with Crippen molar-refractivity contribution in [3.8, 4) is 0 Å². The zero-order valence-electron chi connectivity index (χ0n) is 13.7. The van der Waals surface area contributed by atoms with Crippen LogP contribution in [0, 0.1) is 0 Å². The van der Waals surface area contributed by atoms with Crippen LogP contribution < -0.4 is 0 Å². The number of likely N-dealkylation sites (tertiary alicyclic amines) is 2. The Morgan fingerprint density at radius 2 is 2.00 bits per heavy atom. The second-order valence-electron chi connectivity index (χ2n) is 6.98. The van der Waals surface area contributed by atoms with Crippen molar-refractivity contribution < 1.29 is 4.79 Å². The van der Waals surface area contributed by atoms with Gasteiger partial charge in [0.15, 0.2) is 0 Å². The summed E-state index contributed by atoms with van der Waals surface area (Å²) in [6, 6.07) is 1.98. The van der Waals surface area contributed by atoms with Gasteiger partial charge in [-0.2, -0.15) is 0 Å². The number of amides is 1. The van der Waals surface area contributed by atoms with Crippen LogP contribution in [0.15, 0.2) is 18.6 Å². The summed E-state index contributed by atoms with van der Waals surface area (Å²) < 4.78 is 0. The molecule has 2 fully saturated rings. The average Bonchev–Trinajstić information content (AvgIpc) is 3.10. The number of nitrogens with zero attached hydrogens (tertiary/aromatic N) is 4. The number of rotatable bonds is 3. The summed E-state index contributed by atoms with van der Waals surface area (Å²) in [6.07, 6.45) is 7.96. The Morgan fingerprint density at radius 3 is 2.68 bits per heavy atom. The van der Waals surface area contributed by atoms with E-state index >= 15 is 0 Å². The molecule has 0 N–H and O–H groups in total. The molecule has 22 heavy (non-hydrogen) atoms. The predicted molar refractivity (Wildman–Crippen MR) is 85.5 cm³/mol. The molecular weight excluding hydrogens is 276 g/mol. The van der Waals surface area contributed by atoms with E-state index in [1.807, 2.05) is 6.07 Å². The van der Waals surface area contributed by atoms with Gasteiger partial charge in [0, 0.05) is 30.9 Å². The van der Waals surface area contributed by atoms with Gasteiger partial charge in [-0.25, -0.2) is 9.97 Å². The zero-order chi connectivity index (χ0) is 15.6. The Kier molecular flexibility index (Phi) is 4.43. The summed E-state index contributed by atoms with van der Waals surface area (Å²) in [4.78, 5) is 25.8. The van der Waals surface area contributed by atoms with E-state index in [1.165, 1.54) is 12.8 Å². The summed E-state index contributed by atoms with van der Waals surface area (Å²) in [7, 11) is 0. The van der Waals surface area contributed by atoms with Crippen molar-refractivity contribution in [2.24, 2.45) is 0 Å². The van der Waals surface area contributed by atoms with Crippen LogP contribution in [0.5, 0.6) is 0 Å². The lowest BCUT2D eigenvalue weighted by Crippen LogP contribution is -2.56. The van der Waals surface area contributed by atoms with Gasteiger partial charge in [-0.05, 0) is 58.7 Å². The molecule has 3 rings (SSSR count). The Labute approximate surface area is 132 Å². The lowest BCUT2D eigenvalue weighted by molar-refractivity contribution is -0.143. The topological polar surface area (TPSA) is 49.3 Å². The molecule has 5 nitrogen and oxygen atoms in total. The molecule has 120 valence electrons. The van der Waals surface area contributed by atoms with Crippen molar-refractivity contribution in [2.75, 3.05) is 26.2 Å². The summed E-state index contributed by atoms with van der Waals surface area (Å²) in [6.45, 7) is 7.90. The maximum Gasteiger partial charge on any atom is 0.242 e.